The molecule has 0 bridgehead atoms. The maximum absolute atomic E-state index is 12.5. The predicted molar refractivity (Wildman–Crippen MR) is 128 cm³/mol. The fourth-order valence-corrected chi connectivity index (χ4v) is 3.90. The Bertz CT molecular complexity index is 1080. The molecule has 0 aliphatic carbocycles. The summed E-state index contributed by atoms with van der Waals surface area (Å²) in [5.74, 6) is 0.344. The molecule has 0 spiro atoms. The van der Waals surface area contributed by atoms with E-state index in [4.69, 9.17) is 10.00 Å². The molecule has 3 aromatic rings. The summed E-state index contributed by atoms with van der Waals surface area (Å²) in [6.45, 7) is 2.14. The van der Waals surface area contributed by atoms with Crippen molar-refractivity contribution in [2.45, 2.75) is 43.9 Å². The zero-order chi connectivity index (χ0) is 22.8. The first-order chi connectivity index (χ1) is 15.6. The minimum atomic E-state index is -0.198. The summed E-state index contributed by atoms with van der Waals surface area (Å²) in [7, 11) is 0. The molecule has 0 N–H and O–H groups in total. The van der Waals surface area contributed by atoms with Gasteiger partial charge in [-0.05, 0) is 77.8 Å². The van der Waals surface area contributed by atoms with Gasteiger partial charge in [0.15, 0.2) is 0 Å². The van der Waals surface area contributed by atoms with Crippen molar-refractivity contribution in [3.63, 3.8) is 0 Å². The summed E-state index contributed by atoms with van der Waals surface area (Å²) in [6.07, 6.45) is 4.63. The minimum absolute atomic E-state index is 0.0533. The molecular formula is C27H25NO3S. The van der Waals surface area contributed by atoms with Crippen molar-refractivity contribution < 1.29 is 14.3 Å². The predicted octanol–water partition coefficient (Wildman–Crippen LogP) is 7.03. The van der Waals surface area contributed by atoms with Crippen LogP contribution in [-0.2, 0) is 4.79 Å². The highest BCUT2D eigenvalue weighted by Crippen LogP contribution is 2.26. The number of carbonyl (C=O) groups excluding carboxylic acids is 2. The molecule has 0 aromatic heterocycles. The largest absolute Gasteiger partial charge is 0.427 e. The van der Waals surface area contributed by atoms with E-state index in [1.54, 1.807) is 48.5 Å². The monoisotopic (exact) mass is 443 g/mol. The zero-order valence-electron chi connectivity index (χ0n) is 18.0. The van der Waals surface area contributed by atoms with Gasteiger partial charge in [-0.15, -0.1) is 0 Å². The fourth-order valence-electron chi connectivity index (χ4n) is 3.16. The molecule has 3 aromatic carbocycles. The average molecular weight is 444 g/mol. The van der Waals surface area contributed by atoms with Gasteiger partial charge < -0.3 is 4.74 Å². The Hall–Kier alpha value is -3.36. The van der Waals surface area contributed by atoms with Crippen LogP contribution in [0.3, 0.4) is 0 Å². The average Bonchev–Trinajstić information content (AvgIpc) is 2.83. The molecule has 5 heteroatoms. The number of carbonyl (C=O) groups is 2. The molecule has 3 rings (SSSR count). The van der Waals surface area contributed by atoms with Crippen molar-refractivity contribution in [1.82, 2.24) is 0 Å². The van der Waals surface area contributed by atoms with Crippen LogP contribution in [0.4, 0.5) is 0 Å². The molecule has 32 heavy (non-hydrogen) atoms. The number of unbranched alkanes of at least 4 members (excludes halogenated alkanes) is 3. The van der Waals surface area contributed by atoms with Gasteiger partial charge in [-0.25, -0.2) is 0 Å². The normalized spacial score (nSPS) is 10.4. The lowest BCUT2D eigenvalue weighted by molar-refractivity contribution is -0.134. The molecule has 0 fully saturated rings. The van der Waals surface area contributed by atoms with Crippen LogP contribution in [-0.4, -0.2) is 11.1 Å². The van der Waals surface area contributed by atoms with E-state index in [-0.39, 0.29) is 11.1 Å². The Kier molecular flexibility index (Phi) is 8.65. The Morgan fingerprint density at radius 2 is 1.47 bits per heavy atom. The van der Waals surface area contributed by atoms with Gasteiger partial charge in [-0.3, -0.25) is 9.59 Å². The third-order valence-electron chi connectivity index (χ3n) is 4.97. The van der Waals surface area contributed by atoms with E-state index in [2.05, 4.69) is 13.0 Å². The highest BCUT2D eigenvalue weighted by Gasteiger charge is 2.10. The van der Waals surface area contributed by atoms with Crippen LogP contribution in [0.5, 0.6) is 5.75 Å². The third kappa shape index (κ3) is 6.83. The van der Waals surface area contributed by atoms with Crippen LogP contribution < -0.4 is 4.74 Å². The Morgan fingerprint density at radius 1 is 0.844 bits per heavy atom. The first-order valence-corrected chi connectivity index (χ1v) is 11.5. The van der Waals surface area contributed by atoms with E-state index in [1.165, 1.54) is 0 Å². The lowest BCUT2D eigenvalue weighted by atomic mass is 10.0. The molecule has 0 radical (unpaired) electrons. The summed E-state index contributed by atoms with van der Waals surface area (Å²) >= 11 is 1.14. The van der Waals surface area contributed by atoms with Gasteiger partial charge in [0.1, 0.15) is 5.75 Å². The van der Waals surface area contributed by atoms with Crippen LogP contribution in [0, 0.1) is 11.3 Å². The van der Waals surface area contributed by atoms with E-state index in [9.17, 15) is 9.59 Å². The molecule has 0 aliphatic heterocycles. The van der Waals surface area contributed by atoms with Crippen molar-refractivity contribution in [1.29, 1.82) is 5.26 Å². The maximum atomic E-state index is 12.5. The smallest absolute Gasteiger partial charge is 0.311 e. The number of esters is 1. The van der Waals surface area contributed by atoms with E-state index >= 15 is 0 Å². The van der Waals surface area contributed by atoms with Crippen LogP contribution in [0.15, 0.2) is 77.7 Å². The summed E-state index contributed by atoms with van der Waals surface area (Å²) in [6, 6.07) is 23.8. The van der Waals surface area contributed by atoms with E-state index < -0.39 is 0 Å². The number of ether oxygens (including phenoxy) is 1. The van der Waals surface area contributed by atoms with Gasteiger partial charge in [0.2, 0.25) is 5.12 Å². The Morgan fingerprint density at radius 3 is 2.06 bits per heavy atom. The molecule has 4 nitrogen and oxygen atoms in total. The number of nitrogens with zero attached hydrogens (tertiary/aromatic N) is 1. The molecule has 0 amide bonds. The number of rotatable bonds is 9. The van der Waals surface area contributed by atoms with Gasteiger partial charge in [-0.1, -0.05) is 50.5 Å². The third-order valence-corrected chi connectivity index (χ3v) is 5.90. The summed E-state index contributed by atoms with van der Waals surface area (Å²) in [5, 5.41) is 8.81. The highest BCUT2D eigenvalue weighted by molar-refractivity contribution is 8.14. The molecular weight excluding hydrogens is 418 g/mol. The molecule has 0 atom stereocenters. The van der Waals surface area contributed by atoms with Crippen molar-refractivity contribution in [2.75, 3.05) is 0 Å². The maximum Gasteiger partial charge on any atom is 0.311 e. The molecule has 162 valence electrons. The van der Waals surface area contributed by atoms with Gasteiger partial charge in [0.05, 0.1) is 11.6 Å². The molecule has 0 unspecified atom stereocenters. The lowest BCUT2D eigenvalue weighted by Gasteiger charge is -2.07. The van der Waals surface area contributed by atoms with Crippen molar-refractivity contribution in [3.8, 4) is 22.9 Å². The van der Waals surface area contributed by atoms with Crippen molar-refractivity contribution in [2.24, 2.45) is 0 Å². The van der Waals surface area contributed by atoms with Crippen LogP contribution in [0.25, 0.3) is 11.1 Å². The summed E-state index contributed by atoms with van der Waals surface area (Å²) in [5.41, 5.74) is 3.13. The van der Waals surface area contributed by atoms with Gasteiger partial charge in [0, 0.05) is 16.9 Å². The molecule has 0 heterocycles. The van der Waals surface area contributed by atoms with E-state index in [0.717, 1.165) is 53.5 Å². The van der Waals surface area contributed by atoms with Crippen LogP contribution in [0.2, 0.25) is 0 Å². The SMILES string of the molecule is CCCCCCC(=O)Oc1ccc(-c2ccc(C(=O)Sc3ccc(C#N)cc3)cc2)cc1. The van der Waals surface area contributed by atoms with Gasteiger partial charge >= 0.3 is 5.97 Å². The molecule has 0 saturated carbocycles. The highest BCUT2D eigenvalue weighted by atomic mass is 32.2. The number of hydrogen-bond donors (Lipinski definition) is 0. The molecule has 0 saturated heterocycles. The first kappa shape index (κ1) is 23.3. The zero-order valence-corrected chi connectivity index (χ0v) is 18.9. The number of hydrogen-bond acceptors (Lipinski definition) is 5. The Balaban J connectivity index is 1.56. The molecule has 0 aliphatic rings. The van der Waals surface area contributed by atoms with Gasteiger partial charge in [0.25, 0.3) is 0 Å². The second kappa shape index (κ2) is 11.9. The topological polar surface area (TPSA) is 67.2 Å². The lowest BCUT2D eigenvalue weighted by Crippen LogP contribution is -2.07. The van der Waals surface area contributed by atoms with Crippen molar-refractivity contribution in [3.05, 3.63) is 83.9 Å². The first-order valence-electron chi connectivity index (χ1n) is 10.7. The number of thioether (sulfide) groups is 1. The Labute approximate surface area is 193 Å². The van der Waals surface area contributed by atoms with Crippen LogP contribution >= 0.6 is 11.8 Å². The number of nitriles is 1. The quantitative estimate of drug-likeness (QED) is 0.154. The summed E-state index contributed by atoms with van der Waals surface area (Å²) < 4.78 is 5.40. The van der Waals surface area contributed by atoms with E-state index in [1.807, 2.05) is 24.3 Å². The van der Waals surface area contributed by atoms with Crippen molar-refractivity contribution >= 4 is 22.8 Å². The standard InChI is InChI=1S/C27H25NO3S/c1-2-3-4-5-6-26(29)31-24-15-13-22(14-16-24)21-9-11-23(12-10-21)27(30)32-25-17-7-20(19-28)8-18-25/h7-18H,2-6H2,1H3. The van der Waals surface area contributed by atoms with Gasteiger partial charge in [-0.2, -0.15) is 5.26 Å². The van der Waals surface area contributed by atoms with E-state index in [0.29, 0.717) is 23.3 Å². The number of benzene rings is 3. The second-order valence-corrected chi connectivity index (χ2v) is 8.46. The second-order valence-electron chi connectivity index (χ2n) is 7.41. The fraction of sp³-hybridized carbons (Fsp3) is 0.222. The summed E-state index contributed by atoms with van der Waals surface area (Å²) in [4.78, 5) is 25.2. The minimum Gasteiger partial charge on any atom is -0.427 e. The van der Waals surface area contributed by atoms with Crippen LogP contribution in [0.1, 0.15) is 54.9 Å².